The molecule has 0 aliphatic carbocycles. The van der Waals surface area contributed by atoms with E-state index in [-0.39, 0.29) is 31.2 Å². The van der Waals surface area contributed by atoms with Crippen molar-refractivity contribution in [2.75, 3.05) is 26.2 Å². The summed E-state index contributed by atoms with van der Waals surface area (Å²) in [5.74, 6) is -0.413. The zero-order valence-corrected chi connectivity index (χ0v) is 13.3. The van der Waals surface area contributed by atoms with Crippen LogP contribution in [0.1, 0.15) is 15.9 Å². The number of benzene rings is 1. The number of ether oxygens (including phenoxy) is 1. The van der Waals surface area contributed by atoms with Gasteiger partial charge in [-0.3, -0.25) is 9.59 Å². The van der Waals surface area contributed by atoms with Gasteiger partial charge in [-0.1, -0.05) is 0 Å². The average molecular weight is 351 g/mol. The molecule has 1 aromatic carbocycles. The number of fused-ring (bicyclic) bond motifs is 1. The van der Waals surface area contributed by atoms with E-state index in [1.54, 1.807) is 18.2 Å². The number of hydrogen-bond donors (Lipinski definition) is 3. The van der Waals surface area contributed by atoms with Gasteiger partial charge in [0, 0.05) is 24.2 Å². The van der Waals surface area contributed by atoms with Crippen LogP contribution < -0.4 is 15.8 Å². The van der Waals surface area contributed by atoms with Gasteiger partial charge in [-0.05, 0) is 30.2 Å². The van der Waals surface area contributed by atoms with E-state index in [9.17, 15) is 18.8 Å². The van der Waals surface area contributed by atoms with Gasteiger partial charge >= 0.3 is 6.09 Å². The molecule has 134 valence electrons. The standard InChI is InChI=1S/C16H18FN3O5/c17-6-10(7-19-16(23)24)9-25-12-1-2-13-11(5-12)3-4-20(15(13)22)8-14(18)21/h1-2,5-6,19H,3-4,7-9H2,(H2,18,21)(H,23,24)/b10-6+. The van der Waals surface area contributed by atoms with E-state index in [1.165, 1.54) is 4.90 Å². The third-order valence-electron chi connectivity index (χ3n) is 3.64. The number of carboxylic acid groups (broad SMARTS) is 1. The van der Waals surface area contributed by atoms with Gasteiger partial charge in [-0.2, -0.15) is 0 Å². The molecular weight excluding hydrogens is 333 g/mol. The van der Waals surface area contributed by atoms with E-state index >= 15 is 0 Å². The minimum Gasteiger partial charge on any atom is -0.489 e. The summed E-state index contributed by atoms with van der Waals surface area (Å²) < 4.78 is 18.2. The van der Waals surface area contributed by atoms with Gasteiger partial charge in [-0.25, -0.2) is 9.18 Å². The van der Waals surface area contributed by atoms with Gasteiger partial charge in [0.05, 0.1) is 12.9 Å². The summed E-state index contributed by atoms with van der Waals surface area (Å²) in [5.41, 5.74) is 6.48. The van der Waals surface area contributed by atoms with Crippen molar-refractivity contribution in [2.45, 2.75) is 6.42 Å². The Morgan fingerprint density at radius 1 is 1.44 bits per heavy atom. The summed E-state index contributed by atoms with van der Waals surface area (Å²) in [6.45, 7) is -0.0667. The number of carbonyl (C=O) groups is 3. The summed E-state index contributed by atoms with van der Waals surface area (Å²) in [5, 5.41) is 10.6. The molecule has 3 amide bonds. The predicted octanol–water partition coefficient (Wildman–Crippen LogP) is 0.670. The van der Waals surface area contributed by atoms with Crippen LogP contribution in [0, 0.1) is 0 Å². The Kier molecular flexibility index (Phi) is 5.93. The Bertz CT molecular complexity index is 720. The molecule has 0 fully saturated rings. The molecule has 1 aliphatic rings. The predicted molar refractivity (Wildman–Crippen MR) is 86.0 cm³/mol. The van der Waals surface area contributed by atoms with E-state index in [4.69, 9.17) is 15.6 Å². The summed E-state index contributed by atoms with van der Waals surface area (Å²) in [6.07, 6.45) is -0.426. The first-order chi connectivity index (χ1) is 11.9. The lowest BCUT2D eigenvalue weighted by Gasteiger charge is -2.27. The highest BCUT2D eigenvalue weighted by Crippen LogP contribution is 2.24. The molecule has 0 radical (unpaired) electrons. The zero-order valence-electron chi connectivity index (χ0n) is 13.3. The van der Waals surface area contributed by atoms with Gasteiger partial charge in [-0.15, -0.1) is 0 Å². The molecule has 4 N–H and O–H groups in total. The fourth-order valence-corrected chi connectivity index (χ4v) is 2.43. The SMILES string of the molecule is NC(=O)CN1CCc2cc(OC/C(=C/F)CNC(=O)O)ccc2C1=O. The van der Waals surface area contributed by atoms with Gasteiger partial charge in [0.15, 0.2) is 0 Å². The number of halogens is 1. The van der Waals surface area contributed by atoms with E-state index in [0.717, 1.165) is 5.56 Å². The van der Waals surface area contributed by atoms with Crippen LogP contribution in [0.15, 0.2) is 30.1 Å². The van der Waals surface area contributed by atoms with Crippen LogP contribution in [0.25, 0.3) is 0 Å². The van der Waals surface area contributed by atoms with Crippen LogP contribution in [0.2, 0.25) is 0 Å². The summed E-state index contributed by atoms with van der Waals surface area (Å²) >= 11 is 0. The molecule has 9 heteroatoms. The molecule has 0 saturated heterocycles. The molecular formula is C16H18FN3O5. The maximum absolute atomic E-state index is 12.7. The number of amides is 3. The molecule has 0 saturated carbocycles. The molecule has 0 spiro atoms. The number of hydrogen-bond acceptors (Lipinski definition) is 4. The summed E-state index contributed by atoms with van der Waals surface area (Å²) in [7, 11) is 0. The van der Waals surface area contributed by atoms with Crippen LogP contribution in [0.4, 0.5) is 9.18 Å². The van der Waals surface area contributed by atoms with Crippen molar-refractivity contribution >= 4 is 17.9 Å². The van der Waals surface area contributed by atoms with E-state index in [1.807, 2.05) is 5.32 Å². The quantitative estimate of drug-likeness (QED) is 0.666. The number of nitrogens with one attached hydrogen (secondary N) is 1. The maximum Gasteiger partial charge on any atom is 0.404 e. The van der Waals surface area contributed by atoms with E-state index in [2.05, 4.69) is 0 Å². The molecule has 0 atom stereocenters. The Labute approximate surface area is 143 Å². The smallest absolute Gasteiger partial charge is 0.404 e. The maximum atomic E-state index is 12.7. The van der Waals surface area contributed by atoms with Gasteiger partial charge in [0.2, 0.25) is 5.91 Å². The Balaban J connectivity index is 2.01. The number of nitrogens with two attached hydrogens (primary N) is 1. The van der Waals surface area contributed by atoms with Gasteiger partial charge < -0.3 is 25.8 Å². The molecule has 1 heterocycles. The highest BCUT2D eigenvalue weighted by atomic mass is 19.1. The fourth-order valence-electron chi connectivity index (χ4n) is 2.43. The molecule has 0 bridgehead atoms. The average Bonchev–Trinajstić information content (AvgIpc) is 2.57. The molecule has 25 heavy (non-hydrogen) atoms. The molecule has 1 aromatic rings. The number of primary amides is 1. The third-order valence-corrected chi connectivity index (χ3v) is 3.64. The number of carbonyl (C=O) groups excluding carboxylic acids is 2. The lowest BCUT2D eigenvalue weighted by atomic mass is 9.98. The van der Waals surface area contributed by atoms with E-state index < -0.39 is 12.0 Å². The Morgan fingerprint density at radius 2 is 2.20 bits per heavy atom. The molecule has 0 unspecified atom stereocenters. The van der Waals surface area contributed by atoms with Crippen molar-refractivity contribution in [1.82, 2.24) is 10.2 Å². The van der Waals surface area contributed by atoms with Crippen molar-refractivity contribution in [3.05, 3.63) is 41.2 Å². The topological polar surface area (TPSA) is 122 Å². The zero-order chi connectivity index (χ0) is 18.4. The molecule has 1 aliphatic heterocycles. The molecule has 2 rings (SSSR count). The first-order valence-electron chi connectivity index (χ1n) is 7.49. The van der Waals surface area contributed by atoms with Crippen LogP contribution in [0.3, 0.4) is 0 Å². The van der Waals surface area contributed by atoms with Crippen molar-refractivity contribution in [2.24, 2.45) is 5.73 Å². The fraction of sp³-hybridized carbons (Fsp3) is 0.312. The van der Waals surface area contributed by atoms with Crippen LogP contribution in [-0.2, 0) is 11.2 Å². The van der Waals surface area contributed by atoms with Crippen molar-refractivity contribution in [3.63, 3.8) is 0 Å². The molecule has 8 nitrogen and oxygen atoms in total. The van der Waals surface area contributed by atoms with Crippen LogP contribution in [0.5, 0.6) is 5.75 Å². The highest BCUT2D eigenvalue weighted by molar-refractivity contribution is 5.98. The summed E-state index contributed by atoms with van der Waals surface area (Å²) in [4.78, 5) is 35.1. The lowest BCUT2D eigenvalue weighted by molar-refractivity contribution is -0.118. The Morgan fingerprint density at radius 3 is 2.84 bits per heavy atom. The lowest BCUT2D eigenvalue weighted by Crippen LogP contribution is -2.42. The minimum atomic E-state index is -1.26. The van der Waals surface area contributed by atoms with Gasteiger partial charge in [0.25, 0.3) is 5.91 Å². The van der Waals surface area contributed by atoms with E-state index in [0.29, 0.717) is 30.6 Å². The Hall–Kier alpha value is -3.10. The minimum absolute atomic E-state index is 0.127. The van der Waals surface area contributed by atoms with Gasteiger partial charge in [0.1, 0.15) is 12.4 Å². The second-order valence-electron chi connectivity index (χ2n) is 5.48. The normalized spacial score (nSPS) is 14.0. The highest BCUT2D eigenvalue weighted by Gasteiger charge is 2.25. The third kappa shape index (κ3) is 4.93. The van der Waals surface area contributed by atoms with Crippen LogP contribution in [-0.4, -0.2) is 54.2 Å². The van der Waals surface area contributed by atoms with Crippen molar-refractivity contribution < 1.29 is 28.6 Å². The number of nitrogens with zero attached hydrogens (tertiary/aromatic N) is 1. The first kappa shape index (κ1) is 18.2. The summed E-state index contributed by atoms with van der Waals surface area (Å²) in [6, 6.07) is 4.81. The largest absolute Gasteiger partial charge is 0.489 e. The van der Waals surface area contributed by atoms with Crippen molar-refractivity contribution in [3.8, 4) is 5.75 Å². The molecule has 0 aromatic heterocycles. The van der Waals surface area contributed by atoms with Crippen molar-refractivity contribution in [1.29, 1.82) is 0 Å². The number of rotatable bonds is 7. The monoisotopic (exact) mass is 351 g/mol. The second-order valence-corrected chi connectivity index (χ2v) is 5.48. The van der Waals surface area contributed by atoms with Crippen LogP contribution >= 0.6 is 0 Å². The second kappa shape index (κ2) is 8.13. The first-order valence-corrected chi connectivity index (χ1v) is 7.49.